The van der Waals surface area contributed by atoms with Crippen LogP contribution in [0.25, 0.3) is 22.6 Å². The van der Waals surface area contributed by atoms with Crippen molar-refractivity contribution in [2.45, 2.75) is 4.90 Å². The summed E-state index contributed by atoms with van der Waals surface area (Å²) in [6.07, 6.45) is 1.31. The molecule has 0 atom stereocenters. The molecule has 0 aliphatic rings. The SMILES string of the molecule is NS(=O)(=O)c1ccc(-c2ocnc2-c2ccc(Cl)c(Cl)c2)cc1. The zero-order chi connectivity index (χ0) is 16.6. The van der Waals surface area contributed by atoms with Crippen LogP contribution in [0.2, 0.25) is 10.0 Å². The van der Waals surface area contributed by atoms with E-state index in [4.69, 9.17) is 32.8 Å². The molecule has 1 heterocycles. The van der Waals surface area contributed by atoms with Crippen molar-refractivity contribution < 1.29 is 12.8 Å². The van der Waals surface area contributed by atoms with Gasteiger partial charge in [0.15, 0.2) is 12.2 Å². The summed E-state index contributed by atoms with van der Waals surface area (Å²) < 4.78 is 28.0. The molecule has 0 saturated carbocycles. The van der Waals surface area contributed by atoms with E-state index in [1.807, 2.05) is 0 Å². The van der Waals surface area contributed by atoms with Gasteiger partial charge in [0.1, 0.15) is 5.69 Å². The molecule has 0 bridgehead atoms. The highest BCUT2D eigenvalue weighted by atomic mass is 35.5. The molecule has 1 aromatic heterocycles. The van der Waals surface area contributed by atoms with E-state index < -0.39 is 10.0 Å². The van der Waals surface area contributed by atoms with Crippen molar-refractivity contribution in [3.8, 4) is 22.6 Å². The van der Waals surface area contributed by atoms with Gasteiger partial charge < -0.3 is 4.42 Å². The lowest BCUT2D eigenvalue weighted by atomic mass is 10.1. The van der Waals surface area contributed by atoms with Crippen LogP contribution in [0.4, 0.5) is 0 Å². The molecule has 5 nitrogen and oxygen atoms in total. The predicted molar refractivity (Wildman–Crippen MR) is 88.8 cm³/mol. The van der Waals surface area contributed by atoms with Crippen molar-refractivity contribution in [1.29, 1.82) is 0 Å². The number of aromatic nitrogens is 1. The van der Waals surface area contributed by atoms with Gasteiger partial charge in [-0.05, 0) is 36.4 Å². The van der Waals surface area contributed by atoms with Crippen molar-refractivity contribution >= 4 is 33.2 Å². The van der Waals surface area contributed by atoms with Gasteiger partial charge in [0.05, 0.1) is 14.9 Å². The molecule has 118 valence electrons. The molecule has 0 radical (unpaired) electrons. The van der Waals surface area contributed by atoms with Crippen LogP contribution in [0.5, 0.6) is 0 Å². The van der Waals surface area contributed by atoms with E-state index in [1.54, 1.807) is 30.3 Å². The maximum Gasteiger partial charge on any atom is 0.238 e. The number of rotatable bonds is 3. The molecule has 3 aromatic rings. The average molecular weight is 369 g/mol. The van der Waals surface area contributed by atoms with Gasteiger partial charge in [-0.3, -0.25) is 0 Å². The number of oxazole rings is 1. The maximum atomic E-state index is 11.3. The second kappa shape index (κ2) is 5.98. The molecular formula is C15H10Cl2N2O3S. The minimum atomic E-state index is -3.74. The number of nitrogens with two attached hydrogens (primary N) is 1. The Morgan fingerprint density at radius 1 is 0.957 bits per heavy atom. The van der Waals surface area contributed by atoms with E-state index in [-0.39, 0.29) is 4.90 Å². The van der Waals surface area contributed by atoms with Crippen LogP contribution >= 0.6 is 23.2 Å². The Balaban J connectivity index is 2.05. The van der Waals surface area contributed by atoms with Crippen LogP contribution in [0, 0.1) is 0 Å². The van der Waals surface area contributed by atoms with E-state index in [0.717, 1.165) is 5.56 Å². The van der Waals surface area contributed by atoms with Crippen molar-refractivity contribution in [2.75, 3.05) is 0 Å². The van der Waals surface area contributed by atoms with Crippen molar-refractivity contribution in [2.24, 2.45) is 5.14 Å². The second-order valence-electron chi connectivity index (χ2n) is 4.73. The molecule has 3 rings (SSSR count). The fourth-order valence-electron chi connectivity index (χ4n) is 2.10. The molecule has 0 unspecified atom stereocenters. The summed E-state index contributed by atoms with van der Waals surface area (Å²) in [6, 6.07) is 11.1. The Hall–Kier alpha value is -1.86. The topological polar surface area (TPSA) is 86.2 Å². The Morgan fingerprint density at radius 3 is 2.22 bits per heavy atom. The summed E-state index contributed by atoms with van der Waals surface area (Å²) in [6.45, 7) is 0. The summed E-state index contributed by atoms with van der Waals surface area (Å²) in [5.41, 5.74) is 1.97. The second-order valence-corrected chi connectivity index (χ2v) is 7.10. The van der Waals surface area contributed by atoms with Crippen LogP contribution in [-0.2, 0) is 10.0 Å². The first kappa shape index (κ1) is 16.0. The quantitative estimate of drug-likeness (QED) is 0.757. The molecule has 2 N–H and O–H groups in total. The van der Waals surface area contributed by atoms with E-state index in [1.165, 1.54) is 18.5 Å². The number of hydrogen-bond acceptors (Lipinski definition) is 4. The Bertz CT molecular complexity index is 967. The number of nitrogens with zero attached hydrogens (tertiary/aromatic N) is 1. The van der Waals surface area contributed by atoms with Gasteiger partial charge in [-0.1, -0.05) is 29.3 Å². The highest BCUT2D eigenvalue weighted by Crippen LogP contribution is 2.34. The fraction of sp³-hybridized carbons (Fsp3) is 0. The third-order valence-electron chi connectivity index (χ3n) is 3.21. The van der Waals surface area contributed by atoms with Gasteiger partial charge in [0.25, 0.3) is 0 Å². The monoisotopic (exact) mass is 368 g/mol. The molecule has 8 heteroatoms. The lowest BCUT2D eigenvalue weighted by Crippen LogP contribution is -2.11. The normalized spacial score (nSPS) is 11.6. The lowest BCUT2D eigenvalue weighted by Gasteiger charge is -2.04. The fourth-order valence-corrected chi connectivity index (χ4v) is 2.91. The minimum Gasteiger partial charge on any atom is -0.443 e. The summed E-state index contributed by atoms with van der Waals surface area (Å²) in [4.78, 5) is 4.22. The first-order valence-electron chi connectivity index (χ1n) is 6.38. The van der Waals surface area contributed by atoms with E-state index in [9.17, 15) is 8.42 Å². The van der Waals surface area contributed by atoms with Crippen LogP contribution in [0.15, 0.2) is 58.2 Å². The minimum absolute atomic E-state index is 0.0249. The van der Waals surface area contributed by atoms with Crippen molar-refractivity contribution in [1.82, 2.24) is 4.98 Å². The largest absolute Gasteiger partial charge is 0.443 e. The molecule has 23 heavy (non-hydrogen) atoms. The van der Waals surface area contributed by atoms with Crippen molar-refractivity contribution in [3.63, 3.8) is 0 Å². The smallest absolute Gasteiger partial charge is 0.238 e. The Labute approximate surface area is 142 Å². The number of hydrogen-bond donors (Lipinski definition) is 1. The average Bonchev–Trinajstić information content (AvgIpc) is 2.99. The molecule has 0 aliphatic heterocycles. The maximum absolute atomic E-state index is 11.3. The summed E-state index contributed by atoms with van der Waals surface area (Å²) >= 11 is 11.9. The molecule has 0 spiro atoms. The van der Waals surface area contributed by atoms with E-state index in [0.29, 0.717) is 27.1 Å². The molecule has 0 aliphatic carbocycles. The molecule has 0 amide bonds. The third kappa shape index (κ3) is 3.25. The number of halogens is 2. The van der Waals surface area contributed by atoms with Gasteiger partial charge in [0, 0.05) is 11.1 Å². The molecule has 2 aromatic carbocycles. The summed E-state index contributed by atoms with van der Waals surface area (Å²) in [5, 5.41) is 5.93. The van der Waals surface area contributed by atoms with E-state index in [2.05, 4.69) is 4.98 Å². The zero-order valence-corrected chi connectivity index (χ0v) is 13.9. The van der Waals surface area contributed by atoms with Gasteiger partial charge in [-0.25, -0.2) is 18.5 Å². The van der Waals surface area contributed by atoms with Crippen LogP contribution < -0.4 is 5.14 Å². The summed E-state index contributed by atoms with van der Waals surface area (Å²) in [5.74, 6) is 0.490. The van der Waals surface area contributed by atoms with Crippen LogP contribution in [0.3, 0.4) is 0 Å². The number of benzene rings is 2. The van der Waals surface area contributed by atoms with Gasteiger partial charge in [-0.2, -0.15) is 0 Å². The predicted octanol–water partition coefficient (Wildman–Crippen LogP) is 3.96. The van der Waals surface area contributed by atoms with Crippen molar-refractivity contribution in [3.05, 3.63) is 58.9 Å². The first-order chi connectivity index (χ1) is 10.9. The number of primary sulfonamides is 1. The molecule has 0 fully saturated rings. The van der Waals surface area contributed by atoms with Gasteiger partial charge >= 0.3 is 0 Å². The highest BCUT2D eigenvalue weighted by Gasteiger charge is 2.15. The van der Waals surface area contributed by atoms with Gasteiger partial charge in [-0.15, -0.1) is 0 Å². The van der Waals surface area contributed by atoms with E-state index >= 15 is 0 Å². The standard InChI is InChI=1S/C15H10Cl2N2O3S/c16-12-6-3-10(7-13(12)17)14-15(22-8-19-14)9-1-4-11(5-2-9)23(18,20)21/h1-8H,(H2,18,20,21). The van der Waals surface area contributed by atoms with Gasteiger partial charge in [0.2, 0.25) is 10.0 Å². The zero-order valence-electron chi connectivity index (χ0n) is 11.5. The first-order valence-corrected chi connectivity index (χ1v) is 8.68. The van der Waals surface area contributed by atoms with Crippen LogP contribution in [-0.4, -0.2) is 13.4 Å². The molecule has 0 saturated heterocycles. The lowest BCUT2D eigenvalue weighted by molar-refractivity contribution is 0.572. The molecular weight excluding hydrogens is 359 g/mol. The summed E-state index contributed by atoms with van der Waals surface area (Å²) in [7, 11) is -3.74. The van der Waals surface area contributed by atoms with Crippen LogP contribution in [0.1, 0.15) is 0 Å². The third-order valence-corrected chi connectivity index (χ3v) is 4.87. The Kier molecular flexibility index (Phi) is 4.16. The highest BCUT2D eigenvalue weighted by molar-refractivity contribution is 7.89. The Morgan fingerprint density at radius 2 is 1.61 bits per heavy atom. The number of sulfonamides is 1.